The van der Waals surface area contributed by atoms with Gasteiger partial charge in [-0.2, -0.15) is 18.2 Å². The fourth-order valence-electron chi connectivity index (χ4n) is 3.66. The van der Waals surface area contributed by atoms with Gasteiger partial charge in [-0.05, 0) is 55.0 Å². The number of alkyl halides is 3. The Kier molecular flexibility index (Phi) is 5.84. The smallest absolute Gasteiger partial charge is 0.416 e. The lowest BCUT2D eigenvalue weighted by Crippen LogP contribution is -2.16. The summed E-state index contributed by atoms with van der Waals surface area (Å²) in [7, 11) is 0. The number of aromatic amines is 1. The van der Waals surface area contributed by atoms with Crippen molar-refractivity contribution in [2.45, 2.75) is 19.5 Å². The Morgan fingerprint density at radius 3 is 2.61 bits per heavy atom. The van der Waals surface area contributed by atoms with Crippen molar-refractivity contribution in [2.24, 2.45) is 0 Å². The first kappa shape index (κ1) is 23.0. The molecule has 0 spiro atoms. The van der Waals surface area contributed by atoms with E-state index in [9.17, 15) is 18.0 Å². The summed E-state index contributed by atoms with van der Waals surface area (Å²) in [5.41, 5.74) is 1.12. The number of nitrogens with one attached hydrogen (secondary N) is 2. The molecule has 5 aromatic rings. The highest BCUT2D eigenvalue weighted by atomic mass is 19.4. The number of anilines is 1. The van der Waals surface area contributed by atoms with E-state index in [0.717, 1.165) is 12.1 Å². The number of carbonyl (C=O) groups excluding carboxylic acids is 1. The molecule has 0 aliphatic rings. The number of benzene rings is 2. The van der Waals surface area contributed by atoms with Crippen LogP contribution in [0.5, 0.6) is 11.6 Å². The number of aryl methyl sites for hydroxylation is 1. The van der Waals surface area contributed by atoms with Gasteiger partial charge in [-0.25, -0.2) is 15.0 Å². The van der Waals surface area contributed by atoms with Crippen molar-refractivity contribution < 1.29 is 22.7 Å². The van der Waals surface area contributed by atoms with Crippen LogP contribution in [0.15, 0.2) is 67.5 Å². The van der Waals surface area contributed by atoms with Crippen LogP contribution in [-0.2, 0) is 17.4 Å². The van der Waals surface area contributed by atoms with Crippen molar-refractivity contribution in [3.63, 3.8) is 0 Å². The lowest BCUT2D eigenvalue weighted by atomic mass is 10.1. The highest BCUT2D eigenvalue weighted by Gasteiger charge is 2.31. The number of H-pyrrole nitrogens is 1. The van der Waals surface area contributed by atoms with Gasteiger partial charge in [0.25, 0.3) is 0 Å². The van der Waals surface area contributed by atoms with Crippen LogP contribution < -0.4 is 10.1 Å². The third-order valence-electron chi connectivity index (χ3n) is 5.31. The van der Waals surface area contributed by atoms with E-state index in [2.05, 4.69) is 30.2 Å². The maximum absolute atomic E-state index is 13.5. The Morgan fingerprint density at radius 1 is 1.08 bits per heavy atom. The largest absolute Gasteiger partial charge is 0.437 e. The Bertz CT molecular complexity index is 1540. The van der Waals surface area contributed by atoms with Crippen molar-refractivity contribution in [1.82, 2.24) is 29.5 Å². The van der Waals surface area contributed by atoms with Gasteiger partial charge >= 0.3 is 6.18 Å². The van der Waals surface area contributed by atoms with E-state index in [1.807, 2.05) is 0 Å². The molecular weight excluding hydrogens is 475 g/mol. The normalized spacial score (nSPS) is 11.6. The summed E-state index contributed by atoms with van der Waals surface area (Å²) in [5.74, 6) is 0.817. The van der Waals surface area contributed by atoms with E-state index >= 15 is 0 Å². The third kappa shape index (κ3) is 4.87. The summed E-state index contributed by atoms with van der Waals surface area (Å²) in [4.78, 5) is 31.7. The number of ether oxygens (including phenoxy) is 1. The van der Waals surface area contributed by atoms with Gasteiger partial charge in [-0.1, -0.05) is 0 Å². The van der Waals surface area contributed by atoms with Crippen LogP contribution >= 0.6 is 0 Å². The second-order valence-electron chi connectivity index (χ2n) is 7.86. The van der Waals surface area contributed by atoms with Crippen molar-refractivity contribution in [3.05, 3.63) is 84.5 Å². The fraction of sp³-hybridized carbons (Fsp3) is 0.125. The molecule has 0 atom stereocenters. The zero-order valence-electron chi connectivity index (χ0n) is 18.7. The van der Waals surface area contributed by atoms with Crippen LogP contribution in [0.25, 0.3) is 16.9 Å². The number of nitrogens with zero attached hydrogens (tertiary/aromatic N) is 5. The van der Waals surface area contributed by atoms with E-state index in [1.54, 1.807) is 43.5 Å². The van der Waals surface area contributed by atoms with Crippen LogP contribution in [0.3, 0.4) is 0 Å². The summed E-state index contributed by atoms with van der Waals surface area (Å²) < 4.78 is 47.7. The number of amides is 1. The molecule has 182 valence electrons. The Labute approximate surface area is 202 Å². The molecule has 0 aliphatic carbocycles. The monoisotopic (exact) mass is 493 g/mol. The molecule has 0 unspecified atom stereocenters. The average molecular weight is 493 g/mol. The van der Waals surface area contributed by atoms with E-state index in [-0.39, 0.29) is 17.7 Å². The molecule has 5 rings (SSSR count). The predicted molar refractivity (Wildman–Crippen MR) is 124 cm³/mol. The summed E-state index contributed by atoms with van der Waals surface area (Å²) in [6.45, 7) is 1.68. The number of hydrogen-bond donors (Lipinski definition) is 2. The third-order valence-corrected chi connectivity index (χ3v) is 5.31. The van der Waals surface area contributed by atoms with E-state index in [4.69, 9.17) is 4.74 Å². The van der Waals surface area contributed by atoms with Crippen LogP contribution in [0.1, 0.15) is 17.0 Å². The van der Waals surface area contributed by atoms with Gasteiger partial charge in [0.1, 0.15) is 23.4 Å². The summed E-state index contributed by atoms with van der Waals surface area (Å²) >= 11 is 0. The van der Waals surface area contributed by atoms with Crippen molar-refractivity contribution in [1.29, 1.82) is 0 Å². The van der Waals surface area contributed by atoms with Crippen molar-refractivity contribution >= 4 is 22.8 Å². The van der Waals surface area contributed by atoms with Crippen LogP contribution in [0.4, 0.5) is 18.9 Å². The van der Waals surface area contributed by atoms with E-state index in [1.165, 1.54) is 23.4 Å². The van der Waals surface area contributed by atoms with E-state index in [0.29, 0.717) is 34.3 Å². The second-order valence-corrected chi connectivity index (χ2v) is 7.86. The topological polar surface area (TPSA) is 111 Å². The van der Waals surface area contributed by atoms with Crippen molar-refractivity contribution in [3.8, 4) is 17.3 Å². The summed E-state index contributed by atoms with van der Waals surface area (Å²) in [5, 5.41) is 2.69. The number of halogens is 3. The second kappa shape index (κ2) is 9.13. The Morgan fingerprint density at radius 2 is 1.89 bits per heavy atom. The Hall–Kier alpha value is -4.74. The molecule has 3 aromatic heterocycles. The first-order chi connectivity index (χ1) is 17.3. The molecule has 0 saturated heterocycles. The maximum atomic E-state index is 13.5. The minimum absolute atomic E-state index is 0.220. The van der Waals surface area contributed by atoms with Crippen LogP contribution in [-0.4, -0.2) is 35.4 Å². The summed E-state index contributed by atoms with van der Waals surface area (Å²) in [6.07, 6.45) is 1.07. The molecule has 9 nitrogen and oxygen atoms in total. The minimum Gasteiger partial charge on any atom is -0.437 e. The molecule has 0 aliphatic heterocycles. The minimum atomic E-state index is -4.56. The number of hydrogen-bond acceptors (Lipinski definition) is 6. The lowest BCUT2D eigenvalue weighted by molar-refractivity contribution is -0.137. The number of carbonyl (C=O) groups is 1. The average Bonchev–Trinajstić information content (AvgIpc) is 3.49. The molecule has 36 heavy (non-hydrogen) atoms. The lowest BCUT2D eigenvalue weighted by Gasteiger charge is -2.14. The molecule has 12 heteroatoms. The van der Waals surface area contributed by atoms with Crippen LogP contribution in [0.2, 0.25) is 0 Å². The molecule has 2 aromatic carbocycles. The van der Waals surface area contributed by atoms with Gasteiger partial charge in [-0.15, -0.1) is 0 Å². The number of aromatic nitrogens is 6. The van der Waals surface area contributed by atoms with Gasteiger partial charge in [0.15, 0.2) is 5.65 Å². The molecule has 2 N–H and O–H groups in total. The zero-order valence-corrected chi connectivity index (χ0v) is 18.7. The van der Waals surface area contributed by atoms with Crippen molar-refractivity contribution in [2.75, 3.05) is 5.32 Å². The standard InChI is InChI=1S/C24H18F3N7O2/c1-14-28-6-7-34(14)18-9-15(8-16(11-18)24(25,26)27)10-20(35)33-17-2-4-19(5-3-17)36-23-21-22(30-12-29-21)31-13-32-23/h2-9,11-13H,10H2,1H3,(H,33,35)(H,29,30,31,32). The summed E-state index contributed by atoms with van der Waals surface area (Å²) in [6, 6.07) is 10.0. The van der Waals surface area contributed by atoms with E-state index < -0.39 is 17.6 Å². The van der Waals surface area contributed by atoms with Gasteiger partial charge in [0, 0.05) is 23.8 Å². The van der Waals surface area contributed by atoms with Crippen LogP contribution in [0, 0.1) is 6.92 Å². The molecular formula is C24H18F3N7O2. The molecule has 0 radical (unpaired) electrons. The first-order valence-corrected chi connectivity index (χ1v) is 10.7. The molecule has 0 saturated carbocycles. The fourth-order valence-corrected chi connectivity index (χ4v) is 3.66. The molecule has 0 bridgehead atoms. The van der Waals surface area contributed by atoms with Gasteiger partial charge < -0.3 is 19.6 Å². The SMILES string of the molecule is Cc1nccn1-c1cc(CC(=O)Nc2ccc(Oc3ncnc4nc[nH]c34)cc2)cc(C(F)(F)F)c1. The molecule has 0 fully saturated rings. The molecule has 1 amide bonds. The van der Waals surface area contributed by atoms with Gasteiger partial charge in [-0.3, -0.25) is 4.79 Å². The zero-order chi connectivity index (χ0) is 25.3. The van der Waals surface area contributed by atoms with Gasteiger partial charge in [0.2, 0.25) is 11.8 Å². The highest BCUT2D eigenvalue weighted by Crippen LogP contribution is 2.32. The predicted octanol–water partition coefficient (Wildman–Crippen LogP) is 4.84. The number of rotatable bonds is 6. The quantitative estimate of drug-likeness (QED) is 0.350. The van der Waals surface area contributed by atoms with Gasteiger partial charge in [0.05, 0.1) is 18.3 Å². The highest BCUT2D eigenvalue weighted by molar-refractivity contribution is 5.92. The maximum Gasteiger partial charge on any atom is 0.416 e. The first-order valence-electron chi connectivity index (χ1n) is 10.7. The number of imidazole rings is 2. The Balaban J connectivity index is 1.30. The molecule has 3 heterocycles. The number of fused-ring (bicyclic) bond motifs is 1.